The molecule has 4 rings (SSSR count). The smallest absolute Gasteiger partial charge is 0.112 e. The van der Waals surface area contributed by atoms with Gasteiger partial charge in [0.25, 0.3) is 0 Å². The van der Waals surface area contributed by atoms with Gasteiger partial charge in [-0.05, 0) is 62.1 Å². The van der Waals surface area contributed by atoms with Gasteiger partial charge in [-0.3, -0.25) is 0 Å². The first-order valence-electron chi connectivity index (χ1n) is 7.71. The molecule has 3 aromatic rings. The summed E-state index contributed by atoms with van der Waals surface area (Å²) in [4.78, 5) is 9.69. The van der Waals surface area contributed by atoms with Crippen LogP contribution in [0.15, 0.2) is 42.5 Å². The van der Waals surface area contributed by atoms with Crippen LogP contribution in [0.2, 0.25) is 0 Å². The normalized spacial score (nSPS) is 13.8. The molecule has 0 saturated carbocycles. The molecular formula is C18H18N4. The van der Waals surface area contributed by atoms with Gasteiger partial charge < -0.3 is 11.1 Å². The lowest BCUT2D eigenvalue weighted by atomic mass is 10.00. The molecule has 0 saturated heterocycles. The highest BCUT2D eigenvalue weighted by molar-refractivity contribution is 5.90. The highest BCUT2D eigenvalue weighted by atomic mass is 14.9. The molecule has 4 heteroatoms. The summed E-state index contributed by atoms with van der Waals surface area (Å²) in [5.74, 6) is 0. The Hall–Kier alpha value is -2.62. The van der Waals surface area contributed by atoms with Crippen molar-refractivity contribution >= 4 is 28.1 Å². The minimum absolute atomic E-state index is 0.761. The summed E-state index contributed by atoms with van der Waals surface area (Å²) in [5, 5.41) is 3.42. The predicted molar refractivity (Wildman–Crippen MR) is 90.3 cm³/mol. The standard InChI is InChI=1S/C18H18N4/c19-12-8-10-13(11-9-12)20-16-6-3-7-17-18(16)22-15-5-2-1-4-14(15)21-17/h3,6-11,20H,1-2,4-5,19H2. The van der Waals surface area contributed by atoms with Crippen LogP contribution in [-0.2, 0) is 12.8 Å². The van der Waals surface area contributed by atoms with Crippen LogP contribution < -0.4 is 11.1 Å². The van der Waals surface area contributed by atoms with Crippen LogP contribution in [-0.4, -0.2) is 9.97 Å². The lowest BCUT2D eigenvalue weighted by Gasteiger charge is -2.16. The average molecular weight is 290 g/mol. The quantitative estimate of drug-likeness (QED) is 0.704. The second-order valence-corrected chi connectivity index (χ2v) is 5.74. The number of rotatable bonds is 2. The number of nitrogen functional groups attached to an aromatic ring is 1. The number of nitrogens with one attached hydrogen (secondary N) is 1. The Labute approximate surface area is 129 Å². The molecule has 0 radical (unpaired) electrons. The van der Waals surface area contributed by atoms with Crippen LogP contribution >= 0.6 is 0 Å². The van der Waals surface area contributed by atoms with Crippen molar-refractivity contribution in [1.82, 2.24) is 9.97 Å². The third-order valence-corrected chi connectivity index (χ3v) is 4.12. The van der Waals surface area contributed by atoms with Crippen LogP contribution in [0, 0.1) is 0 Å². The summed E-state index contributed by atoms with van der Waals surface area (Å²) in [6.07, 6.45) is 4.51. The molecule has 0 atom stereocenters. The first kappa shape index (κ1) is 13.1. The molecule has 2 aromatic carbocycles. The Bertz CT molecular complexity index is 824. The number of aromatic nitrogens is 2. The molecule has 0 amide bonds. The van der Waals surface area contributed by atoms with Gasteiger partial charge in [0, 0.05) is 11.4 Å². The van der Waals surface area contributed by atoms with Crippen LogP contribution in [0.1, 0.15) is 24.2 Å². The van der Waals surface area contributed by atoms with Crippen molar-refractivity contribution in [3.05, 3.63) is 53.9 Å². The van der Waals surface area contributed by atoms with Crippen molar-refractivity contribution in [2.45, 2.75) is 25.7 Å². The largest absolute Gasteiger partial charge is 0.399 e. The Kier molecular flexibility index (Phi) is 3.15. The van der Waals surface area contributed by atoms with E-state index in [1.54, 1.807) is 0 Å². The van der Waals surface area contributed by atoms with Crippen molar-refractivity contribution in [1.29, 1.82) is 0 Å². The molecule has 110 valence electrons. The van der Waals surface area contributed by atoms with Gasteiger partial charge in [0.15, 0.2) is 0 Å². The van der Waals surface area contributed by atoms with E-state index in [1.165, 1.54) is 18.5 Å². The lowest BCUT2D eigenvalue weighted by molar-refractivity contribution is 0.655. The minimum atomic E-state index is 0.761. The highest BCUT2D eigenvalue weighted by Crippen LogP contribution is 2.27. The maximum Gasteiger partial charge on any atom is 0.112 e. The van der Waals surface area contributed by atoms with Crippen molar-refractivity contribution in [3.63, 3.8) is 0 Å². The third-order valence-electron chi connectivity index (χ3n) is 4.12. The fourth-order valence-electron chi connectivity index (χ4n) is 2.96. The number of hydrogen-bond donors (Lipinski definition) is 2. The highest BCUT2D eigenvalue weighted by Gasteiger charge is 2.14. The maximum absolute atomic E-state index is 5.74. The van der Waals surface area contributed by atoms with Gasteiger partial charge >= 0.3 is 0 Å². The fraction of sp³-hybridized carbons (Fsp3) is 0.222. The van der Waals surface area contributed by atoms with Gasteiger partial charge in [0.1, 0.15) is 5.52 Å². The maximum atomic E-state index is 5.74. The van der Waals surface area contributed by atoms with Gasteiger partial charge in [-0.15, -0.1) is 0 Å². The molecular weight excluding hydrogens is 272 g/mol. The summed E-state index contributed by atoms with van der Waals surface area (Å²) in [6, 6.07) is 13.8. The number of nitrogens with zero attached hydrogens (tertiary/aromatic N) is 2. The Morgan fingerprint density at radius 2 is 1.59 bits per heavy atom. The number of fused-ring (bicyclic) bond motifs is 2. The first-order valence-corrected chi connectivity index (χ1v) is 7.71. The van der Waals surface area contributed by atoms with Crippen LogP contribution in [0.25, 0.3) is 11.0 Å². The molecule has 0 aliphatic heterocycles. The van der Waals surface area contributed by atoms with E-state index in [4.69, 9.17) is 15.7 Å². The lowest BCUT2D eigenvalue weighted by Crippen LogP contribution is -2.08. The van der Waals surface area contributed by atoms with Crippen LogP contribution in [0.4, 0.5) is 17.1 Å². The molecule has 1 aromatic heterocycles. The van der Waals surface area contributed by atoms with E-state index < -0.39 is 0 Å². The van der Waals surface area contributed by atoms with Crippen molar-refractivity contribution < 1.29 is 0 Å². The number of nitrogens with two attached hydrogens (primary N) is 1. The topological polar surface area (TPSA) is 63.8 Å². The summed E-state index contributed by atoms with van der Waals surface area (Å²) >= 11 is 0. The second-order valence-electron chi connectivity index (χ2n) is 5.74. The predicted octanol–water partition coefficient (Wildman–Crippen LogP) is 3.83. The third kappa shape index (κ3) is 2.37. The van der Waals surface area contributed by atoms with E-state index in [9.17, 15) is 0 Å². The van der Waals surface area contributed by atoms with Gasteiger partial charge in [0.05, 0.1) is 22.6 Å². The molecule has 4 nitrogen and oxygen atoms in total. The Morgan fingerprint density at radius 3 is 2.36 bits per heavy atom. The zero-order valence-electron chi connectivity index (χ0n) is 12.3. The molecule has 1 aliphatic rings. The van der Waals surface area contributed by atoms with E-state index in [2.05, 4.69) is 5.32 Å². The van der Waals surface area contributed by atoms with Gasteiger partial charge in [-0.2, -0.15) is 0 Å². The number of aryl methyl sites for hydroxylation is 2. The number of anilines is 3. The van der Waals surface area contributed by atoms with E-state index in [0.717, 1.165) is 46.6 Å². The Morgan fingerprint density at radius 1 is 0.864 bits per heavy atom. The SMILES string of the molecule is Nc1ccc(Nc2cccc3nc4c(nc23)CCCC4)cc1. The second kappa shape index (κ2) is 5.30. The van der Waals surface area contributed by atoms with Crippen LogP contribution in [0.3, 0.4) is 0 Å². The minimum Gasteiger partial charge on any atom is -0.399 e. The van der Waals surface area contributed by atoms with Crippen molar-refractivity contribution in [3.8, 4) is 0 Å². The fourth-order valence-corrected chi connectivity index (χ4v) is 2.96. The molecule has 0 fully saturated rings. The van der Waals surface area contributed by atoms with E-state index in [-0.39, 0.29) is 0 Å². The first-order chi connectivity index (χ1) is 10.8. The molecule has 0 unspecified atom stereocenters. The van der Waals surface area contributed by atoms with Gasteiger partial charge in [0.2, 0.25) is 0 Å². The summed E-state index contributed by atoms with van der Waals surface area (Å²) in [5.41, 5.74) is 12.7. The molecule has 3 N–H and O–H groups in total. The molecule has 22 heavy (non-hydrogen) atoms. The number of para-hydroxylation sites is 1. The monoisotopic (exact) mass is 290 g/mol. The summed E-state index contributed by atoms with van der Waals surface area (Å²) < 4.78 is 0. The molecule has 0 spiro atoms. The average Bonchev–Trinajstić information content (AvgIpc) is 2.55. The molecule has 1 aliphatic carbocycles. The Balaban J connectivity index is 1.78. The summed E-state index contributed by atoms with van der Waals surface area (Å²) in [6.45, 7) is 0. The molecule has 0 bridgehead atoms. The number of benzene rings is 2. The summed E-state index contributed by atoms with van der Waals surface area (Å²) in [7, 11) is 0. The number of hydrogen-bond acceptors (Lipinski definition) is 4. The zero-order valence-corrected chi connectivity index (χ0v) is 12.3. The van der Waals surface area contributed by atoms with E-state index >= 15 is 0 Å². The van der Waals surface area contributed by atoms with Crippen molar-refractivity contribution in [2.24, 2.45) is 0 Å². The van der Waals surface area contributed by atoms with Crippen molar-refractivity contribution in [2.75, 3.05) is 11.1 Å². The molecule has 1 heterocycles. The van der Waals surface area contributed by atoms with Crippen LogP contribution in [0.5, 0.6) is 0 Å². The van der Waals surface area contributed by atoms with E-state index in [0.29, 0.717) is 0 Å². The zero-order chi connectivity index (χ0) is 14.9. The van der Waals surface area contributed by atoms with Gasteiger partial charge in [-0.1, -0.05) is 6.07 Å². The van der Waals surface area contributed by atoms with E-state index in [1.807, 2.05) is 42.5 Å². The van der Waals surface area contributed by atoms with Gasteiger partial charge in [-0.25, -0.2) is 9.97 Å².